The molecule has 0 amide bonds. The van der Waals surface area contributed by atoms with Crippen molar-refractivity contribution in [1.82, 2.24) is 5.16 Å². The van der Waals surface area contributed by atoms with Crippen LogP contribution in [0.5, 0.6) is 0 Å². The lowest BCUT2D eigenvalue weighted by Crippen LogP contribution is -1.84. The topological polar surface area (TPSA) is 26.0 Å². The fourth-order valence-corrected chi connectivity index (χ4v) is 1.64. The zero-order valence-corrected chi connectivity index (χ0v) is 9.71. The molecule has 78 valence electrons. The quantitative estimate of drug-likeness (QED) is 0.778. The molecule has 0 bridgehead atoms. The van der Waals surface area contributed by atoms with Gasteiger partial charge >= 0.3 is 0 Å². The van der Waals surface area contributed by atoms with Gasteiger partial charge in [-0.1, -0.05) is 27.2 Å². The van der Waals surface area contributed by atoms with Crippen molar-refractivity contribution in [1.29, 1.82) is 0 Å². The average molecular weight is 270 g/mol. The summed E-state index contributed by atoms with van der Waals surface area (Å²) >= 11 is 3.27. The molecule has 0 aliphatic heterocycles. The van der Waals surface area contributed by atoms with Gasteiger partial charge in [-0.25, -0.2) is 4.39 Å². The largest absolute Gasteiger partial charge is 0.360 e. The number of rotatable bonds is 2. The van der Waals surface area contributed by atoms with Gasteiger partial charge in [-0.15, -0.1) is 0 Å². The van der Waals surface area contributed by atoms with Gasteiger partial charge in [0.05, 0.1) is 5.33 Å². The molecule has 0 radical (unpaired) electrons. The Hall–Kier alpha value is -1.16. The molecule has 1 aromatic carbocycles. The Labute approximate surface area is 95.2 Å². The highest BCUT2D eigenvalue weighted by molar-refractivity contribution is 9.08. The number of alkyl halides is 1. The van der Waals surface area contributed by atoms with E-state index < -0.39 is 0 Å². The molecule has 4 heteroatoms. The molecule has 1 aromatic heterocycles. The minimum Gasteiger partial charge on any atom is -0.360 e. The van der Waals surface area contributed by atoms with E-state index in [2.05, 4.69) is 21.1 Å². The summed E-state index contributed by atoms with van der Waals surface area (Å²) in [5.74, 6) is 0.465. The molecule has 15 heavy (non-hydrogen) atoms. The summed E-state index contributed by atoms with van der Waals surface area (Å²) < 4.78 is 18.1. The van der Waals surface area contributed by atoms with E-state index in [4.69, 9.17) is 4.52 Å². The van der Waals surface area contributed by atoms with E-state index in [0.29, 0.717) is 11.0 Å². The molecule has 0 atom stereocenters. The second-order valence-electron chi connectivity index (χ2n) is 3.27. The van der Waals surface area contributed by atoms with Gasteiger partial charge in [0.1, 0.15) is 17.3 Å². The molecule has 1 heterocycles. The van der Waals surface area contributed by atoms with Crippen LogP contribution in [0, 0.1) is 12.7 Å². The molecule has 0 N–H and O–H groups in total. The van der Waals surface area contributed by atoms with Crippen LogP contribution in [0.2, 0.25) is 0 Å². The number of aromatic nitrogens is 1. The standard InChI is InChI=1S/C11H9BrFNO/c1-7-2-3-8(13)4-10(7)11-5-9(6-12)15-14-11/h2-5H,6H2,1H3. The number of benzene rings is 1. The summed E-state index contributed by atoms with van der Waals surface area (Å²) in [5.41, 5.74) is 2.42. The maximum Gasteiger partial charge on any atom is 0.147 e. The zero-order chi connectivity index (χ0) is 10.8. The first-order valence-corrected chi connectivity index (χ1v) is 5.61. The second kappa shape index (κ2) is 4.14. The molecule has 2 rings (SSSR count). The number of halogens is 2. The molecule has 2 aromatic rings. The van der Waals surface area contributed by atoms with Gasteiger partial charge in [0, 0.05) is 11.6 Å². The van der Waals surface area contributed by atoms with Crippen LogP contribution in [0.25, 0.3) is 11.3 Å². The van der Waals surface area contributed by atoms with Crippen molar-refractivity contribution in [3.63, 3.8) is 0 Å². The summed E-state index contributed by atoms with van der Waals surface area (Å²) in [6.07, 6.45) is 0. The normalized spacial score (nSPS) is 10.6. The van der Waals surface area contributed by atoms with Crippen molar-refractivity contribution < 1.29 is 8.91 Å². The lowest BCUT2D eigenvalue weighted by Gasteiger charge is -2.00. The van der Waals surface area contributed by atoms with Gasteiger partial charge in [-0.05, 0) is 24.6 Å². The van der Waals surface area contributed by atoms with E-state index in [1.54, 1.807) is 12.1 Å². The Kier molecular flexibility index (Phi) is 2.86. The predicted molar refractivity (Wildman–Crippen MR) is 59.3 cm³/mol. The third kappa shape index (κ3) is 2.09. The van der Waals surface area contributed by atoms with Gasteiger partial charge < -0.3 is 4.52 Å². The summed E-state index contributed by atoms with van der Waals surface area (Å²) in [6.45, 7) is 1.91. The van der Waals surface area contributed by atoms with Crippen LogP contribution < -0.4 is 0 Å². The van der Waals surface area contributed by atoms with E-state index in [1.807, 2.05) is 6.92 Å². The second-order valence-corrected chi connectivity index (χ2v) is 3.83. The van der Waals surface area contributed by atoms with Gasteiger partial charge in [0.15, 0.2) is 0 Å². The number of hydrogen-bond acceptors (Lipinski definition) is 2. The van der Waals surface area contributed by atoms with E-state index in [-0.39, 0.29) is 5.82 Å². The smallest absolute Gasteiger partial charge is 0.147 e. The number of hydrogen-bond donors (Lipinski definition) is 0. The Morgan fingerprint density at radius 1 is 1.40 bits per heavy atom. The Bertz CT molecular complexity index is 481. The molecule has 0 aliphatic carbocycles. The lowest BCUT2D eigenvalue weighted by molar-refractivity contribution is 0.398. The summed E-state index contributed by atoms with van der Waals surface area (Å²) in [7, 11) is 0. The Morgan fingerprint density at radius 3 is 2.87 bits per heavy atom. The van der Waals surface area contributed by atoms with Crippen LogP contribution in [0.4, 0.5) is 4.39 Å². The maximum absolute atomic E-state index is 13.1. The maximum atomic E-state index is 13.1. The number of aryl methyl sites for hydroxylation is 1. The van der Waals surface area contributed by atoms with E-state index in [0.717, 1.165) is 16.9 Å². The highest BCUT2D eigenvalue weighted by Gasteiger charge is 2.08. The molecule has 2 nitrogen and oxygen atoms in total. The lowest BCUT2D eigenvalue weighted by atomic mass is 10.1. The highest BCUT2D eigenvalue weighted by atomic mass is 79.9. The molecule has 0 unspecified atom stereocenters. The molecule has 0 saturated heterocycles. The predicted octanol–water partition coefficient (Wildman–Crippen LogP) is 3.68. The van der Waals surface area contributed by atoms with Crippen LogP contribution >= 0.6 is 15.9 Å². The van der Waals surface area contributed by atoms with Gasteiger partial charge in [-0.3, -0.25) is 0 Å². The summed E-state index contributed by atoms with van der Waals surface area (Å²) in [5, 5.41) is 4.49. The summed E-state index contributed by atoms with van der Waals surface area (Å²) in [4.78, 5) is 0. The van der Waals surface area contributed by atoms with Gasteiger partial charge in [0.2, 0.25) is 0 Å². The zero-order valence-electron chi connectivity index (χ0n) is 8.13. The molecular weight excluding hydrogens is 261 g/mol. The van der Waals surface area contributed by atoms with Crippen molar-refractivity contribution in [3.05, 3.63) is 41.4 Å². The fraction of sp³-hybridized carbons (Fsp3) is 0.182. The van der Waals surface area contributed by atoms with Crippen LogP contribution in [0.15, 0.2) is 28.8 Å². The van der Waals surface area contributed by atoms with E-state index in [1.165, 1.54) is 12.1 Å². The van der Waals surface area contributed by atoms with Gasteiger partial charge in [0.25, 0.3) is 0 Å². The van der Waals surface area contributed by atoms with Crippen molar-refractivity contribution in [3.8, 4) is 11.3 Å². The molecule has 0 spiro atoms. The van der Waals surface area contributed by atoms with Crippen LogP contribution in [0.1, 0.15) is 11.3 Å². The molecular formula is C11H9BrFNO. The van der Waals surface area contributed by atoms with Gasteiger partial charge in [-0.2, -0.15) is 0 Å². The van der Waals surface area contributed by atoms with Crippen LogP contribution in [-0.2, 0) is 5.33 Å². The molecule has 0 saturated carbocycles. The third-order valence-corrected chi connectivity index (χ3v) is 2.72. The van der Waals surface area contributed by atoms with Crippen molar-refractivity contribution in [2.45, 2.75) is 12.3 Å². The van der Waals surface area contributed by atoms with Crippen molar-refractivity contribution in [2.24, 2.45) is 0 Å². The summed E-state index contributed by atoms with van der Waals surface area (Å²) in [6, 6.07) is 6.43. The van der Waals surface area contributed by atoms with Crippen LogP contribution in [0.3, 0.4) is 0 Å². The fourth-order valence-electron chi connectivity index (χ4n) is 1.37. The minimum atomic E-state index is -0.265. The SMILES string of the molecule is Cc1ccc(F)cc1-c1cc(CBr)on1. The Balaban J connectivity index is 2.48. The first-order chi connectivity index (χ1) is 7.20. The average Bonchev–Trinajstić information content (AvgIpc) is 2.70. The molecule has 0 aliphatic rings. The first kappa shape index (κ1) is 10.4. The Morgan fingerprint density at radius 2 is 2.20 bits per heavy atom. The van der Waals surface area contributed by atoms with E-state index in [9.17, 15) is 4.39 Å². The van der Waals surface area contributed by atoms with Crippen LogP contribution in [-0.4, -0.2) is 5.16 Å². The molecule has 0 fully saturated rings. The number of nitrogens with zero attached hydrogens (tertiary/aromatic N) is 1. The van der Waals surface area contributed by atoms with Crippen molar-refractivity contribution in [2.75, 3.05) is 0 Å². The minimum absolute atomic E-state index is 0.265. The first-order valence-electron chi connectivity index (χ1n) is 4.49. The third-order valence-electron chi connectivity index (χ3n) is 2.17. The van der Waals surface area contributed by atoms with E-state index >= 15 is 0 Å². The highest BCUT2D eigenvalue weighted by Crippen LogP contribution is 2.24. The van der Waals surface area contributed by atoms with Crippen molar-refractivity contribution >= 4 is 15.9 Å². The monoisotopic (exact) mass is 269 g/mol.